The molecule has 25 heavy (non-hydrogen) atoms. The average Bonchev–Trinajstić information content (AvgIpc) is 2.88. The highest BCUT2D eigenvalue weighted by Crippen LogP contribution is 2.17. The van der Waals surface area contributed by atoms with Crippen LogP contribution in [0.2, 0.25) is 0 Å². The second-order valence-corrected chi connectivity index (χ2v) is 5.66. The predicted molar refractivity (Wildman–Crippen MR) is 88.1 cm³/mol. The van der Waals surface area contributed by atoms with E-state index in [9.17, 15) is 24.8 Å². The van der Waals surface area contributed by atoms with E-state index in [4.69, 9.17) is 0 Å². The van der Waals surface area contributed by atoms with Crippen LogP contribution in [0.4, 0.5) is 5.69 Å². The van der Waals surface area contributed by atoms with Crippen LogP contribution in [0.1, 0.15) is 32.9 Å². The van der Waals surface area contributed by atoms with E-state index >= 15 is 0 Å². The van der Waals surface area contributed by atoms with Crippen molar-refractivity contribution in [3.05, 3.63) is 72.8 Å². The fraction of sp³-hybridized carbons (Fsp3) is 0.188. The number of aromatic amines is 1. The van der Waals surface area contributed by atoms with Crippen molar-refractivity contribution in [1.82, 2.24) is 14.6 Å². The number of hydrogen-bond donors (Lipinski definition) is 2. The SMILES string of the molecule is Cc1nc2c(C(=O)O)c(C)[nH]n2c(=O)c1Cc1ccc([N+](=O)[O-])cc1. The predicted octanol–water partition coefficient (Wildman–Crippen LogP) is 1.84. The number of aromatic nitrogens is 3. The van der Waals surface area contributed by atoms with E-state index in [0.717, 1.165) is 4.52 Å². The number of aromatic carboxylic acids is 1. The van der Waals surface area contributed by atoms with E-state index in [-0.39, 0.29) is 23.3 Å². The molecule has 0 atom stereocenters. The monoisotopic (exact) mass is 342 g/mol. The number of nitrogens with one attached hydrogen (secondary N) is 1. The summed E-state index contributed by atoms with van der Waals surface area (Å²) in [5.41, 5.74) is 1.48. The molecule has 0 saturated heterocycles. The Kier molecular flexibility index (Phi) is 3.84. The molecule has 0 aliphatic heterocycles. The van der Waals surface area contributed by atoms with Gasteiger partial charge < -0.3 is 5.11 Å². The van der Waals surface area contributed by atoms with Crippen LogP contribution >= 0.6 is 0 Å². The molecular formula is C16H14N4O5. The standard InChI is InChI=1S/C16H14N4O5/c1-8-12(7-10-3-5-11(6-4-10)20(24)25)15(21)19-14(17-8)13(16(22)23)9(2)18-19/h3-6,18H,7H2,1-2H3,(H,22,23). The van der Waals surface area contributed by atoms with Crippen molar-refractivity contribution in [3.8, 4) is 0 Å². The van der Waals surface area contributed by atoms with Crippen LogP contribution in [0.25, 0.3) is 5.65 Å². The van der Waals surface area contributed by atoms with Gasteiger partial charge in [-0.25, -0.2) is 14.3 Å². The number of benzene rings is 1. The minimum Gasteiger partial charge on any atom is -0.477 e. The van der Waals surface area contributed by atoms with Crippen molar-refractivity contribution in [2.45, 2.75) is 20.3 Å². The summed E-state index contributed by atoms with van der Waals surface area (Å²) in [7, 11) is 0. The average molecular weight is 342 g/mol. The molecule has 0 aliphatic rings. The van der Waals surface area contributed by atoms with Crippen LogP contribution < -0.4 is 5.56 Å². The molecule has 9 nitrogen and oxygen atoms in total. The van der Waals surface area contributed by atoms with Crippen molar-refractivity contribution in [1.29, 1.82) is 0 Å². The Labute approximate surface area is 140 Å². The second kappa shape index (κ2) is 5.86. The lowest BCUT2D eigenvalue weighted by molar-refractivity contribution is -0.384. The van der Waals surface area contributed by atoms with Crippen LogP contribution in [-0.2, 0) is 6.42 Å². The van der Waals surface area contributed by atoms with Crippen LogP contribution in [-0.4, -0.2) is 30.6 Å². The molecular weight excluding hydrogens is 328 g/mol. The maximum absolute atomic E-state index is 12.7. The first-order valence-electron chi connectivity index (χ1n) is 7.37. The highest BCUT2D eigenvalue weighted by Gasteiger charge is 2.20. The summed E-state index contributed by atoms with van der Waals surface area (Å²) < 4.78 is 1.12. The van der Waals surface area contributed by atoms with E-state index in [2.05, 4.69) is 10.1 Å². The number of carboxylic acid groups (broad SMARTS) is 1. The number of nitro groups is 1. The Bertz CT molecular complexity index is 1060. The van der Waals surface area contributed by atoms with Crippen LogP contribution in [0.5, 0.6) is 0 Å². The van der Waals surface area contributed by atoms with Gasteiger partial charge in [0.1, 0.15) is 5.56 Å². The molecule has 0 unspecified atom stereocenters. The molecule has 0 saturated carbocycles. The summed E-state index contributed by atoms with van der Waals surface area (Å²) >= 11 is 0. The lowest BCUT2D eigenvalue weighted by Crippen LogP contribution is -2.22. The number of non-ortho nitro benzene ring substituents is 1. The van der Waals surface area contributed by atoms with Gasteiger partial charge in [0, 0.05) is 35.5 Å². The molecule has 0 amide bonds. The van der Waals surface area contributed by atoms with Gasteiger partial charge in [-0.3, -0.25) is 20.0 Å². The molecule has 0 bridgehead atoms. The molecule has 2 aromatic heterocycles. The van der Waals surface area contributed by atoms with Crippen LogP contribution in [0.3, 0.4) is 0 Å². The highest BCUT2D eigenvalue weighted by molar-refractivity contribution is 5.95. The van der Waals surface area contributed by atoms with Gasteiger partial charge in [0.15, 0.2) is 5.65 Å². The first-order chi connectivity index (χ1) is 11.8. The number of fused-ring (bicyclic) bond motifs is 1. The number of hydrogen-bond acceptors (Lipinski definition) is 5. The third kappa shape index (κ3) is 2.75. The molecule has 0 spiro atoms. The minimum atomic E-state index is -1.16. The maximum Gasteiger partial charge on any atom is 0.341 e. The second-order valence-electron chi connectivity index (χ2n) is 5.66. The fourth-order valence-corrected chi connectivity index (χ4v) is 2.72. The molecule has 2 heterocycles. The molecule has 3 aromatic rings. The fourth-order valence-electron chi connectivity index (χ4n) is 2.72. The first kappa shape index (κ1) is 16.4. The summed E-state index contributed by atoms with van der Waals surface area (Å²) in [6, 6.07) is 5.90. The van der Waals surface area contributed by atoms with Gasteiger partial charge in [-0.05, 0) is 19.4 Å². The van der Waals surface area contributed by atoms with Gasteiger partial charge in [-0.2, -0.15) is 0 Å². The Morgan fingerprint density at radius 1 is 1.32 bits per heavy atom. The van der Waals surface area contributed by atoms with Gasteiger partial charge in [-0.15, -0.1) is 0 Å². The quantitative estimate of drug-likeness (QED) is 0.549. The molecule has 9 heteroatoms. The van der Waals surface area contributed by atoms with Crippen molar-refractivity contribution in [2.75, 3.05) is 0 Å². The molecule has 2 N–H and O–H groups in total. The van der Waals surface area contributed by atoms with E-state index in [0.29, 0.717) is 22.5 Å². The third-order valence-corrected chi connectivity index (χ3v) is 4.00. The number of nitrogens with zero attached hydrogens (tertiary/aromatic N) is 3. The summed E-state index contributed by atoms with van der Waals surface area (Å²) in [5, 5.41) is 22.7. The largest absolute Gasteiger partial charge is 0.477 e. The Morgan fingerprint density at radius 2 is 1.96 bits per heavy atom. The smallest absolute Gasteiger partial charge is 0.341 e. The van der Waals surface area contributed by atoms with Crippen molar-refractivity contribution >= 4 is 17.3 Å². The number of H-pyrrole nitrogens is 1. The van der Waals surface area contributed by atoms with E-state index in [1.807, 2.05) is 0 Å². The summed E-state index contributed by atoms with van der Waals surface area (Å²) in [5.74, 6) is -1.16. The summed E-state index contributed by atoms with van der Waals surface area (Å²) in [6.45, 7) is 3.19. The lowest BCUT2D eigenvalue weighted by Gasteiger charge is -2.06. The number of nitro benzene ring substituents is 1. The lowest BCUT2D eigenvalue weighted by atomic mass is 10.0. The Balaban J connectivity index is 2.09. The van der Waals surface area contributed by atoms with Crippen molar-refractivity contribution in [3.63, 3.8) is 0 Å². The van der Waals surface area contributed by atoms with Crippen LogP contribution in [0.15, 0.2) is 29.1 Å². The van der Waals surface area contributed by atoms with E-state index in [1.54, 1.807) is 26.0 Å². The zero-order chi connectivity index (χ0) is 18.3. The van der Waals surface area contributed by atoms with E-state index in [1.165, 1.54) is 12.1 Å². The Hall–Kier alpha value is -3.49. The first-order valence-corrected chi connectivity index (χ1v) is 7.37. The molecule has 128 valence electrons. The van der Waals surface area contributed by atoms with Gasteiger partial charge in [0.2, 0.25) is 0 Å². The molecule has 0 aliphatic carbocycles. The Morgan fingerprint density at radius 3 is 2.52 bits per heavy atom. The minimum absolute atomic E-state index is 0.0307. The van der Waals surface area contributed by atoms with Gasteiger partial charge in [-0.1, -0.05) is 12.1 Å². The molecule has 0 radical (unpaired) electrons. The molecule has 3 rings (SSSR count). The van der Waals surface area contributed by atoms with Gasteiger partial charge in [0.25, 0.3) is 11.2 Å². The zero-order valence-electron chi connectivity index (χ0n) is 13.4. The maximum atomic E-state index is 12.7. The molecule has 1 aromatic carbocycles. The van der Waals surface area contributed by atoms with Crippen LogP contribution in [0, 0.1) is 24.0 Å². The van der Waals surface area contributed by atoms with E-state index < -0.39 is 16.5 Å². The topological polar surface area (TPSA) is 131 Å². The molecule has 0 fully saturated rings. The number of rotatable bonds is 4. The van der Waals surface area contributed by atoms with Crippen molar-refractivity contribution < 1.29 is 14.8 Å². The van der Waals surface area contributed by atoms with Gasteiger partial charge >= 0.3 is 5.97 Å². The third-order valence-electron chi connectivity index (χ3n) is 4.00. The number of carbonyl (C=O) groups is 1. The number of carboxylic acids is 1. The normalized spacial score (nSPS) is 11.0. The zero-order valence-corrected chi connectivity index (χ0v) is 13.4. The van der Waals surface area contributed by atoms with Crippen molar-refractivity contribution in [2.24, 2.45) is 0 Å². The summed E-state index contributed by atoms with van der Waals surface area (Å²) in [6.07, 6.45) is 0.235. The highest BCUT2D eigenvalue weighted by atomic mass is 16.6. The summed E-state index contributed by atoms with van der Waals surface area (Å²) in [4.78, 5) is 38.5. The number of aryl methyl sites for hydroxylation is 2. The van der Waals surface area contributed by atoms with Gasteiger partial charge in [0.05, 0.1) is 4.92 Å².